The van der Waals surface area contributed by atoms with Crippen LogP contribution in [0.1, 0.15) is 23.7 Å². The summed E-state index contributed by atoms with van der Waals surface area (Å²) < 4.78 is 0. The fourth-order valence-corrected chi connectivity index (χ4v) is 2.24. The SMILES string of the molecule is C/C(CC(=O)Nc1ccccc1[N+](=O)[O-])=N\NC(=O)c1cccc(Cl)c1. The molecule has 9 heteroatoms. The summed E-state index contributed by atoms with van der Waals surface area (Å²) in [6.07, 6.45) is -0.137. The van der Waals surface area contributed by atoms with Crippen molar-refractivity contribution < 1.29 is 14.5 Å². The van der Waals surface area contributed by atoms with Crippen LogP contribution in [0.3, 0.4) is 0 Å². The number of nitro groups is 1. The van der Waals surface area contributed by atoms with Gasteiger partial charge in [-0.05, 0) is 31.2 Å². The van der Waals surface area contributed by atoms with Crippen LogP contribution in [0.4, 0.5) is 11.4 Å². The number of nitrogens with one attached hydrogen (secondary N) is 2. The molecule has 0 aromatic heterocycles. The number of amides is 2. The van der Waals surface area contributed by atoms with Crippen molar-refractivity contribution in [1.29, 1.82) is 0 Å². The minimum absolute atomic E-state index is 0.0956. The molecule has 0 saturated heterocycles. The summed E-state index contributed by atoms with van der Waals surface area (Å²) in [5, 5.41) is 17.7. The third-order valence-electron chi connectivity index (χ3n) is 3.23. The maximum atomic E-state index is 12.0. The predicted octanol–water partition coefficient (Wildman–Crippen LogP) is 3.38. The largest absolute Gasteiger partial charge is 0.320 e. The average Bonchev–Trinajstić information content (AvgIpc) is 2.59. The molecule has 0 unspecified atom stereocenters. The van der Waals surface area contributed by atoms with E-state index >= 15 is 0 Å². The Morgan fingerprint density at radius 2 is 1.92 bits per heavy atom. The van der Waals surface area contributed by atoms with Gasteiger partial charge in [-0.25, -0.2) is 5.43 Å². The molecule has 0 spiro atoms. The topological polar surface area (TPSA) is 114 Å². The number of hydrogen-bond donors (Lipinski definition) is 2. The fourth-order valence-electron chi connectivity index (χ4n) is 2.05. The third kappa shape index (κ3) is 5.38. The second kappa shape index (κ2) is 8.72. The van der Waals surface area contributed by atoms with Gasteiger partial charge in [0.15, 0.2) is 0 Å². The first-order valence-electron chi connectivity index (χ1n) is 7.49. The van der Waals surface area contributed by atoms with Gasteiger partial charge in [0.25, 0.3) is 11.6 Å². The number of nitrogens with zero attached hydrogens (tertiary/aromatic N) is 2. The van der Waals surface area contributed by atoms with Crippen LogP contribution in [0, 0.1) is 10.1 Å². The van der Waals surface area contributed by atoms with Crippen molar-refractivity contribution in [2.24, 2.45) is 5.10 Å². The van der Waals surface area contributed by atoms with Gasteiger partial charge in [-0.3, -0.25) is 19.7 Å². The van der Waals surface area contributed by atoms with Gasteiger partial charge in [0, 0.05) is 22.4 Å². The van der Waals surface area contributed by atoms with E-state index in [2.05, 4.69) is 15.8 Å². The Labute approximate surface area is 154 Å². The molecule has 0 bridgehead atoms. The summed E-state index contributed by atoms with van der Waals surface area (Å²) in [6, 6.07) is 12.1. The number of rotatable bonds is 6. The van der Waals surface area contributed by atoms with E-state index in [-0.39, 0.29) is 17.8 Å². The van der Waals surface area contributed by atoms with Gasteiger partial charge in [-0.1, -0.05) is 29.8 Å². The van der Waals surface area contributed by atoms with Crippen molar-refractivity contribution in [3.05, 3.63) is 69.2 Å². The van der Waals surface area contributed by atoms with E-state index in [1.165, 1.54) is 24.3 Å². The number of anilines is 1. The number of hydrogen-bond acceptors (Lipinski definition) is 5. The Bertz CT molecular complexity index is 883. The smallest absolute Gasteiger partial charge is 0.292 e. The van der Waals surface area contributed by atoms with Crippen LogP contribution in [0.5, 0.6) is 0 Å². The highest BCUT2D eigenvalue weighted by Crippen LogP contribution is 2.23. The Morgan fingerprint density at radius 1 is 1.19 bits per heavy atom. The number of para-hydroxylation sites is 2. The molecule has 0 fully saturated rings. The molecule has 0 radical (unpaired) electrons. The van der Waals surface area contributed by atoms with E-state index in [9.17, 15) is 19.7 Å². The molecule has 2 amide bonds. The lowest BCUT2D eigenvalue weighted by atomic mass is 10.2. The zero-order valence-electron chi connectivity index (χ0n) is 13.7. The van der Waals surface area contributed by atoms with Crippen LogP contribution in [0.2, 0.25) is 5.02 Å². The van der Waals surface area contributed by atoms with E-state index < -0.39 is 16.7 Å². The van der Waals surface area contributed by atoms with Gasteiger partial charge in [0.1, 0.15) is 5.69 Å². The molecule has 0 atom stereocenters. The first-order valence-corrected chi connectivity index (χ1v) is 7.87. The molecule has 26 heavy (non-hydrogen) atoms. The van der Waals surface area contributed by atoms with Gasteiger partial charge in [0.2, 0.25) is 5.91 Å². The van der Waals surface area contributed by atoms with Crippen molar-refractivity contribution in [3.63, 3.8) is 0 Å². The summed E-state index contributed by atoms with van der Waals surface area (Å²) in [7, 11) is 0. The molecule has 134 valence electrons. The van der Waals surface area contributed by atoms with Gasteiger partial charge < -0.3 is 5.32 Å². The second-order valence-electron chi connectivity index (χ2n) is 5.30. The van der Waals surface area contributed by atoms with Crippen LogP contribution in [-0.4, -0.2) is 22.4 Å². The van der Waals surface area contributed by atoms with Crippen molar-refractivity contribution in [3.8, 4) is 0 Å². The highest BCUT2D eigenvalue weighted by Gasteiger charge is 2.15. The van der Waals surface area contributed by atoms with E-state index in [1.807, 2.05) is 0 Å². The van der Waals surface area contributed by atoms with Crippen LogP contribution in [-0.2, 0) is 4.79 Å². The van der Waals surface area contributed by atoms with Gasteiger partial charge in [0.05, 0.1) is 11.3 Å². The molecule has 0 saturated carbocycles. The minimum Gasteiger partial charge on any atom is -0.320 e. The van der Waals surface area contributed by atoms with Gasteiger partial charge >= 0.3 is 0 Å². The molecule has 8 nitrogen and oxygen atoms in total. The van der Waals surface area contributed by atoms with Gasteiger partial charge in [-0.15, -0.1) is 0 Å². The summed E-state index contributed by atoms with van der Waals surface area (Å²) >= 11 is 5.82. The standard InChI is InChI=1S/C17H15ClN4O4/c1-11(20-21-17(24)12-5-4-6-13(18)10-12)9-16(23)19-14-7-2-3-8-15(14)22(25)26/h2-8,10H,9H2,1H3,(H,19,23)(H,21,24)/b20-11+. The number of nitro benzene ring substituents is 1. The number of hydrazone groups is 1. The van der Waals surface area contributed by atoms with Crippen LogP contribution >= 0.6 is 11.6 Å². The molecular weight excluding hydrogens is 360 g/mol. The Morgan fingerprint density at radius 3 is 2.62 bits per heavy atom. The zero-order valence-corrected chi connectivity index (χ0v) is 14.5. The van der Waals surface area contributed by atoms with E-state index in [1.54, 1.807) is 31.2 Å². The van der Waals surface area contributed by atoms with E-state index in [0.29, 0.717) is 16.3 Å². The third-order valence-corrected chi connectivity index (χ3v) is 3.46. The number of carbonyl (C=O) groups excluding carboxylic acids is 2. The maximum absolute atomic E-state index is 12.0. The summed E-state index contributed by atoms with van der Waals surface area (Å²) in [5.74, 6) is -0.955. The highest BCUT2D eigenvalue weighted by molar-refractivity contribution is 6.31. The van der Waals surface area contributed by atoms with Crippen LogP contribution in [0.15, 0.2) is 53.6 Å². The quantitative estimate of drug-likeness (QED) is 0.458. The maximum Gasteiger partial charge on any atom is 0.292 e. The molecule has 0 heterocycles. The van der Waals surface area contributed by atoms with Crippen molar-refractivity contribution in [1.82, 2.24) is 5.43 Å². The first kappa shape index (κ1) is 19.1. The second-order valence-corrected chi connectivity index (χ2v) is 5.73. The van der Waals surface area contributed by atoms with E-state index in [4.69, 9.17) is 11.6 Å². The first-order chi connectivity index (χ1) is 12.4. The normalized spacial score (nSPS) is 10.9. The summed E-state index contributed by atoms with van der Waals surface area (Å²) in [6.45, 7) is 1.55. The number of benzene rings is 2. The molecule has 2 N–H and O–H groups in total. The number of halogens is 1. The lowest BCUT2D eigenvalue weighted by Gasteiger charge is -2.06. The van der Waals surface area contributed by atoms with E-state index in [0.717, 1.165) is 0 Å². The molecular formula is C17H15ClN4O4. The molecule has 2 aromatic rings. The number of carbonyl (C=O) groups is 2. The molecule has 0 aliphatic carbocycles. The van der Waals surface area contributed by atoms with Crippen LogP contribution in [0.25, 0.3) is 0 Å². The predicted molar refractivity (Wildman–Crippen MR) is 98.4 cm³/mol. The van der Waals surface area contributed by atoms with Crippen molar-refractivity contribution in [2.45, 2.75) is 13.3 Å². The Hall–Kier alpha value is -3.26. The summed E-state index contributed by atoms with van der Waals surface area (Å²) in [5.41, 5.74) is 2.88. The molecule has 2 aromatic carbocycles. The Balaban J connectivity index is 1.95. The van der Waals surface area contributed by atoms with Gasteiger partial charge in [-0.2, -0.15) is 5.10 Å². The van der Waals surface area contributed by atoms with Crippen LogP contribution < -0.4 is 10.7 Å². The van der Waals surface area contributed by atoms with Crippen molar-refractivity contribution >= 4 is 40.5 Å². The molecule has 0 aliphatic rings. The monoisotopic (exact) mass is 374 g/mol. The minimum atomic E-state index is -0.582. The lowest BCUT2D eigenvalue weighted by Crippen LogP contribution is -2.21. The lowest BCUT2D eigenvalue weighted by molar-refractivity contribution is -0.383. The Kier molecular flexibility index (Phi) is 6.40. The average molecular weight is 375 g/mol. The fraction of sp³-hybridized carbons (Fsp3) is 0.118. The molecule has 0 aliphatic heterocycles. The molecule has 2 rings (SSSR count). The van der Waals surface area contributed by atoms with Crippen molar-refractivity contribution in [2.75, 3.05) is 5.32 Å². The zero-order chi connectivity index (χ0) is 19.1. The highest BCUT2D eigenvalue weighted by atomic mass is 35.5. The summed E-state index contributed by atoms with van der Waals surface area (Å²) in [4.78, 5) is 34.3.